The molecule has 0 spiro atoms. The quantitative estimate of drug-likeness (QED) is 0.518. The Morgan fingerprint density at radius 1 is 1.11 bits per heavy atom. The van der Waals surface area contributed by atoms with E-state index in [1.165, 1.54) is 36.8 Å². The van der Waals surface area contributed by atoms with Crippen molar-refractivity contribution in [1.82, 2.24) is 9.80 Å². The summed E-state index contributed by atoms with van der Waals surface area (Å²) in [6.07, 6.45) is 7.58. The van der Waals surface area contributed by atoms with Crippen molar-refractivity contribution in [2.45, 2.75) is 103 Å². The minimum absolute atomic E-state index is 0.0726. The highest BCUT2D eigenvalue weighted by atomic mass is 16.2. The van der Waals surface area contributed by atoms with Crippen LogP contribution in [0.25, 0.3) is 0 Å². The lowest BCUT2D eigenvalue weighted by molar-refractivity contribution is -0.161. The van der Waals surface area contributed by atoms with E-state index in [9.17, 15) is 9.59 Å². The van der Waals surface area contributed by atoms with Crippen molar-refractivity contribution in [1.29, 1.82) is 0 Å². The standard InChI is InChI=1S/C32H45N3O2/c1-19(2)26-28(37)35-24(27(36)34(26)7)18-32(21-11-8-9-12-23(21)33-29(32)35)17-22-20(3)13-14-25-30(4,5)15-10-16-31(22,25)6/h8-9,11-12,19,22,24-26,29,33H,3,10,13-18H2,1-2,4-7H3/t22-,24+,25-,26+,29-,31+,32?/m0/s1. The predicted molar refractivity (Wildman–Crippen MR) is 148 cm³/mol. The van der Waals surface area contributed by atoms with Crippen LogP contribution in [0.1, 0.15) is 85.1 Å². The molecule has 0 bridgehead atoms. The highest BCUT2D eigenvalue weighted by molar-refractivity contribution is 5.98. The van der Waals surface area contributed by atoms with Gasteiger partial charge in [0, 0.05) is 18.2 Å². The Morgan fingerprint density at radius 3 is 2.57 bits per heavy atom. The maximum absolute atomic E-state index is 14.0. The van der Waals surface area contributed by atoms with Gasteiger partial charge in [0.25, 0.3) is 0 Å². The predicted octanol–water partition coefficient (Wildman–Crippen LogP) is 5.96. The van der Waals surface area contributed by atoms with E-state index in [2.05, 4.69) is 56.9 Å². The topological polar surface area (TPSA) is 52.7 Å². The normalized spacial score (nSPS) is 40.3. The summed E-state index contributed by atoms with van der Waals surface area (Å²) in [4.78, 5) is 31.5. The Morgan fingerprint density at radius 2 is 1.84 bits per heavy atom. The Kier molecular flexibility index (Phi) is 5.47. The van der Waals surface area contributed by atoms with E-state index in [4.69, 9.17) is 0 Å². The second kappa shape index (κ2) is 8.10. The largest absolute Gasteiger partial charge is 0.364 e. The van der Waals surface area contributed by atoms with Crippen molar-refractivity contribution in [3.05, 3.63) is 42.0 Å². The maximum Gasteiger partial charge on any atom is 0.247 e. The van der Waals surface area contributed by atoms with E-state index in [1.807, 2.05) is 25.8 Å². The SMILES string of the molecule is C=C1CC[C@H]2C(C)(C)CCC[C@]2(C)[C@H]1CC12C[C@@H]3C(=O)N(C)[C@H](C(C)C)C(=O)N3[C@@H]1Nc1ccccc12. The van der Waals surface area contributed by atoms with Gasteiger partial charge in [-0.2, -0.15) is 0 Å². The van der Waals surface area contributed by atoms with Gasteiger partial charge in [-0.1, -0.05) is 71.4 Å². The average molecular weight is 504 g/mol. The van der Waals surface area contributed by atoms with Crippen molar-refractivity contribution in [3.8, 4) is 0 Å². The van der Waals surface area contributed by atoms with Crippen LogP contribution in [0.2, 0.25) is 0 Å². The summed E-state index contributed by atoms with van der Waals surface area (Å²) < 4.78 is 0. The molecule has 2 saturated heterocycles. The number of para-hydroxylation sites is 1. The van der Waals surface area contributed by atoms with Gasteiger partial charge in [-0.3, -0.25) is 9.59 Å². The number of anilines is 1. The number of fused-ring (bicyclic) bond motifs is 6. The first-order valence-electron chi connectivity index (χ1n) is 14.5. The van der Waals surface area contributed by atoms with Gasteiger partial charge in [-0.05, 0) is 78.7 Å². The van der Waals surface area contributed by atoms with Gasteiger partial charge in [-0.25, -0.2) is 0 Å². The number of hydrogen-bond donors (Lipinski definition) is 1. The summed E-state index contributed by atoms with van der Waals surface area (Å²) in [6.45, 7) is 16.3. The smallest absolute Gasteiger partial charge is 0.247 e. The second-order valence-corrected chi connectivity index (χ2v) is 14.2. The number of likely N-dealkylation sites (N-methyl/N-ethyl adjacent to an activating group) is 1. The third-order valence-corrected chi connectivity index (χ3v) is 11.5. The molecule has 3 heterocycles. The van der Waals surface area contributed by atoms with E-state index in [-0.39, 0.29) is 34.7 Å². The molecule has 5 aliphatic rings. The van der Waals surface area contributed by atoms with Gasteiger partial charge in [0.05, 0.1) is 0 Å². The number of carbonyl (C=O) groups excluding carboxylic acids is 2. The Labute approximate surface area is 223 Å². The van der Waals surface area contributed by atoms with Crippen LogP contribution < -0.4 is 5.32 Å². The zero-order valence-electron chi connectivity index (χ0n) is 23.6. The molecule has 1 unspecified atom stereocenters. The van der Waals surface area contributed by atoms with Crippen LogP contribution in [0.4, 0.5) is 5.69 Å². The van der Waals surface area contributed by atoms with E-state index < -0.39 is 12.1 Å². The van der Waals surface area contributed by atoms with Crippen LogP contribution in [0.3, 0.4) is 0 Å². The number of carbonyl (C=O) groups is 2. The van der Waals surface area contributed by atoms with Crippen LogP contribution in [-0.2, 0) is 15.0 Å². The first-order valence-corrected chi connectivity index (χ1v) is 14.5. The molecule has 2 aliphatic carbocycles. The van der Waals surface area contributed by atoms with E-state index in [0.717, 1.165) is 18.5 Å². The molecule has 6 rings (SSSR count). The van der Waals surface area contributed by atoms with Crippen LogP contribution in [-0.4, -0.2) is 46.9 Å². The molecule has 0 radical (unpaired) electrons. The molecule has 2 saturated carbocycles. The number of nitrogens with one attached hydrogen (secondary N) is 1. The molecule has 200 valence electrons. The van der Waals surface area contributed by atoms with Gasteiger partial charge >= 0.3 is 0 Å². The summed E-state index contributed by atoms with van der Waals surface area (Å²) in [5.74, 6) is 1.32. The molecule has 7 atom stereocenters. The molecule has 4 fully saturated rings. The molecule has 5 nitrogen and oxygen atoms in total. The van der Waals surface area contributed by atoms with E-state index in [0.29, 0.717) is 23.7 Å². The Bertz CT molecular complexity index is 1160. The van der Waals surface area contributed by atoms with Gasteiger partial charge in [0.2, 0.25) is 11.8 Å². The minimum Gasteiger partial charge on any atom is -0.364 e. The highest BCUT2D eigenvalue weighted by Crippen LogP contribution is 2.65. The molecule has 0 aromatic heterocycles. The van der Waals surface area contributed by atoms with Crippen molar-refractivity contribution >= 4 is 17.5 Å². The van der Waals surface area contributed by atoms with Crippen LogP contribution in [0, 0.1) is 28.6 Å². The number of hydrogen-bond acceptors (Lipinski definition) is 3. The fraction of sp³-hybridized carbons (Fsp3) is 0.688. The van der Waals surface area contributed by atoms with Crippen molar-refractivity contribution < 1.29 is 9.59 Å². The Hall–Kier alpha value is -2.30. The maximum atomic E-state index is 14.0. The summed E-state index contributed by atoms with van der Waals surface area (Å²) in [6, 6.07) is 7.79. The first kappa shape index (κ1) is 25.0. The number of benzene rings is 1. The fourth-order valence-electron chi connectivity index (χ4n) is 9.89. The molecular weight excluding hydrogens is 458 g/mol. The molecule has 1 aromatic rings. The number of nitrogens with zero attached hydrogens (tertiary/aromatic N) is 2. The molecule has 1 aromatic carbocycles. The number of amides is 2. The van der Waals surface area contributed by atoms with Gasteiger partial charge < -0.3 is 15.1 Å². The zero-order chi connectivity index (χ0) is 26.5. The minimum atomic E-state index is -0.407. The van der Waals surface area contributed by atoms with Crippen molar-refractivity contribution in [2.75, 3.05) is 12.4 Å². The van der Waals surface area contributed by atoms with E-state index in [1.54, 1.807) is 4.90 Å². The molecule has 5 heteroatoms. The number of rotatable bonds is 3. The summed E-state index contributed by atoms with van der Waals surface area (Å²) >= 11 is 0. The lowest BCUT2D eigenvalue weighted by atomic mass is 9.46. The van der Waals surface area contributed by atoms with Crippen LogP contribution >= 0.6 is 0 Å². The second-order valence-electron chi connectivity index (χ2n) is 14.2. The molecular formula is C32H45N3O2. The van der Waals surface area contributed by atoms with Crippen LogP contribution in [0.15, 0.2) is 36.4 Å². The fourth-order valence-corrected chi connectivity index (χ4v) is 9.89. The third kappa shape index (κ3) is 3.27. The lowest BCUT2D eigenvalue weighted by Gasteiger charge is -2.59. The molecule has 37 heavy (non-hydrogen) atoms. The molecule has 3 aliphatic heterocycles. The third-order valence-electron chi connectivity index (χ3n) is 11.5. The van der Waals surface area contributed by atoms with Crippen molar-refractivity contribution in [2.24, 2.45) is 28.6 Å². The summed E-state index contributed by atoms with van der Waals surface area (Å²) in [7, 11) is 1.82. The summed E-state index contributed by atoms with van der Waals surface area (Å²) in [5.41, 5.74) is 4.03. The lowest BCUT2D eigenvalue weighted by Crippen LogP contribution is -2.65. The number of allylic oxidation sites excluding steroid dienone is 1. The average Bonchev–Trinajstić information content (AvgIpc) is 3.30. The highest BCUT2D eigenvalue weighted by Gasteiger charge is 2.66. The van der Waals surface area contributed by atoms with Gasteiger partial charge in [0.1, 0.15) is 18.2 Å². The monoisotopic (exact) mass is 503 g/mol. The molecule has 2 amide bonds. The van der Waals surface area contributed by atoms with Crippen LogP contribution in [0.5, 0.6) is 0 Å². The van der Waals surface area contributed by atoms with Crippen molar-refractivity contribution in [3.63, 3.8) is 0 Å². The van der Waals surface area contributed by atoms with Gasteiger partial charge in [-0.15, -0.1) is 0 Å². The zero-order valence-corrected chi connectivity index (χ0v) is 23.6. The number of piperazine rings is 1. The van der Waals surface area contributed by atoms with E-state index >= 15 is 0 Å². The Balaban J connectivity index is 1.46. The first-order chi connectivity index (χ1) is 17.4. The van der Waals surface area contributed by atoms with Gasteiger partial charge in [0.15, 0.2) is 0 Å². The summed E-state index contributed by atoms with van der Waals surface area (Å²) in [5, 5.41) is 3.77. The molecule has 1 N–H and O–H groups in total.